The third kappa shape index (κ3) is 2.38. The molecule has 122 valence electrons. The summed E-state index contributed by atoms with van der Waals surface area (Å²) in [5, 5.41) is 16.3. The van der Waals surface area contributed by atoms with E-state index in [2.05, 4.69) is 27.6 Å². The van der Waals surface area contributed by atoms with E-state index in [4.69, 9.17) is 4.98 Å². The van der Waals surface area contributed by atoms with E-state index >= 15 is 0 Å². The number of amides is 1. The van der Waals surface area contributed by atoms with Crippen molar-refractivity contribution >= 4 is 55.6 Å². The molecule has 0 bridgehead atoms. The van der Waals surface area contributed by atoms with E-state index in [-0.39, 0.29) is 5.91 Å². The minimum absolute atomic E-state index is 0.0112. The summed E-state index contributed by atoms with van der Waals surface area (Å²) < 4.78 is 0. The highest BCUT2D eigenvalue weighted by Crippen LogP contribution is 2.31. The van der Waals surface area contributed by atoms with Gasteiger partial charge in [-0.3, -0.25) is 9.89 Å². The van der Waals surface area contributed by atoms with E-state index in [1.54, 1.807) is 11.3 Å². The van der Waals surface area contributed by atoms with Crippen LogP contribution in [0.3, 0.4) is 0 Å². The summed E-state index contributed by atoms with van der Waals surface area (Å²) in [4.78, 5) is 17.0. The molecular formula is C19H14N4OS. The number of aromatic nitrogens is 3. The van der Waals surface area contributed by atoms with Crippen LogP contribution >= 0.6 is 11.3 Å². The van der Waals surface area contributed by atoms with Gasteiger partial charge in [0, 0.05) is 28.0 Å². The number of nitrogens with one attached hydrogen (secondary N) is 3. The van der Waals surface area contributed by atoms with Crippen molar-refractivity contribution < 1.29 is 4.79 Å². The van der Waals surface area contributed by atoms with E-state index in [0.29, 0.717) is 6.42 Å². The van der Waals surface area contributed by atoms with E-state index in [1.165, 1.54) is 0 Å². The van der Waals surface area contributed by atoms with Gasteiger partial charge in [0.15, 0.2) is 0 Å². The number of fused-ring (bicyclic) bond motifs is 5. The second-order valence-corrected chi connectivity index (χ2v) is 6.82. The molecule has 3 aromatic heterocycles. The Bertz CT molecular complexity index is 1220. The molecule has 0 aliphatic heterocycles. The molecule has 2 aromatic carbocycles. The maximum Gasteiger partial charge on any atom is 0.228 e. The average molecular weight is 346 g/mol. The Hall–Kier alpha value is -3.12. The Morgan fingerprint density at radius 2 is 2.12 bits per heavy atom. The smallest absolute Gasteiger partial charge is 0.228 e. The summed E-state index contributed by atoms with van der Waals surface area (Å²) in [7, 11) is 0. The highest BCUT2D eigenvalue weighted by atomic mass is 32.1. The van der Waals surface area contributed by atoms with Gasteiger partial charge in [0.25, 0.3) is 0 Å². The number of thiophene rings is 1. The molecule has 5 aromatic rings. The third-order valence-electron chi connectivity index (χ3n) is 4.38. The lowest BCUT2D eigenvalue weighted by atomic mass is 10.1. The molecule has 1 amide bonds. The fourth-order valence-corrected chi connectivity index (χ4v) is 3.88. The molecular weight excluding hydrogens is 332 g/mol. The van der Waals surface area contributed by atoms with Gasteiger partial charge in [0.05, 0.1) is 23.0 Å². The fraction of sp³-hybridized carbons (Fsp3) is 0.0526. The Morgan fingerprint density at radius 3 is 3.00 bits per heavy atom. The fourth-order valence-electron chi connectivity index (χ4n) is 3.21. The van der Waals surface area contributed by atoms with Crippen LogP contribution in [0.5, 0.6) is 0 Å². The Kier molecular flexibility index (Phi) is 3.11. The first-order valence-electron chi connectivity index (χ1n) is 7.97. The number of rotatable bonds is 3. The van der Waals surface area contributed by atoms with E-state index < -0.39 is 0 Å². The van der Waals surface area contributed by atoms with Gasteiger partial charge < -0.3 is 10.4 Å². The Morgan fingerprint density at radius 1 is 1.16 bits per heavy atom. The van der Waals surface area contributed by atoms with Crippen LogP contribution in [0.15, 0.2) is 53.4 Å². The van der Waals surface area contributed by atoms with Crippen molar-refractivity contribution in [2.24, 2.45) is 0 Å². The van der Waals surface area contributed by atoms with Gasteiger partial charge in [-0.2, -0.15) is 11.3 Å². The van der Waals surface area contributed by atoms with Crippen molar-refractivity contribution in [3.05, 3.63) is 58.9 Å². The molecule has 25 heavy (non-hydrogen) atoms. The van der Waals surface area contributed by atoms with Gasteiger partial charge in [0.1, 0.15) is 0 Å². The number of carbonyl (C=O) groups excluding carboxylic acids is 1. The number of hydrogen-bond donors (Lipinski definition) is 3. The normalized spacial score (nSPS) is 11.5. The van der Waals surface area contributed by atoms with Crippen molar-refractivity contribution in [3.8, 4) is 0 Å². The minimum atomic E-state index is -0.0112. The second-order valence-electron chi connectivity index (χ2n) is 6.04. The summed E-state index contributed by atoms with van der Waals surface area (Å²) in [5.74, 6) is -0.0112. The Balaban J connectivity index is 1.54. The summed E-state index contributed by atoms with van der Waals surface area (Å²) in [6.45, 7) is 0. The maximum atomic E-state index is 12.2. The summed E-state index contributed by atoms with van der Waals surface area (Å²) in [5.41, 5.74) is 4.69. The number of H-pyrrole nitrogens is 2. The zero-order chi connectivity index (χ0) is 16.8. The molecule has 3 heterocycles. The van der Waals surface area contributed by atoms with Crippen molar-refractivity contribution in [3.63, 3.8) is 0 Å². The molecule has 6 heteroatoms. The molecule has 0 saturated carbocycles. The zero-order valence-corrected chi connectivity index (χ0v) is 14.0. The van der Waals surface area contributed by atoms with Crippen molar-refractivity contribution in [2.75, 3.05) is 5.32 Å². The van der Waals surface area contributed by atoms with E-state index in [0.717, 1.165) is 44.0 Å². The molecule has 0 saturated heterocycles. The summed E-state index contributed by atoms with van der Waals surface area (Å²) in [6.07, 6.45) is 2.31. The zero-order valence-electron chi connectivity index (χ0n) is 13.2. The molecule has 5 rings (SSSR count). The van der Waals surface area contributed by atoms with Gasteiger partial charge in [0.2, 0.25) is 5.91 Å². The molecule has 0 radical (unpaired) electrons. The van der Waals surface area contributed by atoms with Crippen LogP contribution < -0.4 is 5.32 Å². The first kappa shape index (κ1) is 14.2. The third-order valence-corrected chi connectivity index (χ3v) is 5.11. The van der Waals surface area contributed by atoms with Gasteiger partial charge in [-0.25, -0.2) is 4.98 Å². The number of benzene rings is 2. The van der Waals surface area contributed by atoms with Gasteiger partial charge in [-0.05, 0) is 40.6 Å². The molecule has 5 nitrogen and oxygen atoms in total. The number of hydrogen-bond acceptors (Lipinski definition) is 3. The van der Waals surface area contributed by atoms with Crippen molar-refractivity contribution in [1.82, 2.24) is 15.2 Å². The first-order chi connectivity index (χ1) is 12.3. The van der Waals surface area contributed by atoms with Crippen LogP contribution in [0.2, 0.25) is 0 Å². The van der Waals surface area contributed by atoms with Crippen LogP contribution in [0.1, 0.15) is 5.56 Å². The van der Waals surface area contributed by atoms with Gasteiger partial charge in [-0.15, -0.1) is 0 Å². The highest BCUT2D eigenvalue weighted by molar-refractivity contribution is 7.08. The number of aromatic amines is 2. The van der Waals surface area contributed by atoms with Crippen LogP contribution in [0.4, 0.5) is 5.69 Å². The van der Waals surface area contributed by atoms with Gasteiger partial charge in [-0.1, -0.05) is 12.1 Å². The molecule has 0 aliphatic carbocycles. The monoisotopic (exact) mass is 346 g/mol. The second kappa shape index (κ2) is 5.46. The average Bonchev–Trinajstić information content (AvgIpc) is 3.32. The summed E-state index contributed by atoms with van der Waals surface area (Å²) >= 11 is 1.60. The highest BCUT2D eigenvalue weighted by Gasteiger charge is 2.11. The summed E-state index contributed by atoms with van der Waals surface area (Å²) in [6, 6.07) is 12.0. The van der Waals surface area contributed by atoms with E-state index in [1.807, 2.05) is 41.2 Å². The van der Waals surface area contributed by atoms with Crippen LogP contribution in [-0.4, -0.2) is 21.1 Å². The molecule has 0 aliphatic rings. The van der Waals surface area contributed by atoms with Crippen LogP contribution in [-0.2, 0) is 11.2 Å². The number of anilines is 1. The SMILES string of the molecule is O=C(Cc1ccsc1)Nc1ccc2nc3c(ccc4c[nH][nH]c43)c2c1. The van der Waals surface area contributed by atoms with Gasteiger partial charge >= 0.3 is 0 Å². The van der Waals surface area contributed by atoms with Crippen LogP contribution in [0, 0.1) is 0 Å². The predicted octanol–water partition coefficient (Wildman–Crippen LogP) is 4.44. The lowest BCUT2D eigenvalue weighted by Gasteiger charge is -2.04. The molecule has 0 unspecified atom stereocenters. The first-order valence-corrected chi connectivity index (χ1v) is 8.91. The lowest BCUT2D eigenvalue weighted by molar-refractivity contribution is -0.115. The van der Waals surface area contributed by atoms with E-state index in [9.17, 15) is 4.79 Å². The van der Waals surface area contributed by atoms with Crippen molar-refractivity contribution in [1.29, 1.82) is 0 Å². The lowest BCUT2D eigenvalue weighted by Crippen LogP contribution is -2.13. The number of nitrogens with zero attached hydrogens (tertiary/aromatic N) is 1. The predicted molar refractivity (Wildman–Crippen MR) is 102 cm³/mol. The Labute approximate surface area is 146 Å². The minimum Gasteiger partial charge on any atom is -0.326 e. The largest absolute Gasteiger partial charge is 0.326 e. The molecule has 0 fully saturated rings. The molecule has 0 atom stereocenters. The van der Waals surface area contributed by atoms with Crippen molar-refractivity contribution in [2.45, 2.75) is 6.42 Å². The quantitative estimate of drug-likeness (QED) is 0.452. The standard InChI is InChI=1S/C19H14N4OS/c24-17(7-11-5-6-25-10-11)21-13-2-4-16-15(8-13)14-3-1-12-9-20-23-18(12)19(14)22-16/h1-6,8-10,20,23H,7H2,(H,21,24). The van der Waals surface area contributed by atoms with Crippen LogP contribution in [0.25, 0.3) is 32.7 Å². The maximum absolute atomic E-state index is 12.2. The molecule has 0 spiro atoms. The number of carbonyl (C=O) groups is 1. The molecule has 3 N–H and O–H groups in total. The topological polar surface area (TPSA) is 73.6 Å².